The molecule has 4 atom stereocenters. The van der Waals surface area contributed by atoms with Crippen molar-refractivity contribution in [3.05, 3.63) is 62.7 Å². The molecule has 0 saturated carbocycles. The number of halogens is 1. The van der Waals surface area contributed by atoms with Crippen molar-refractivity contribution in [3.8, 4) is 5.75 Å². The Morgan fingerprint density at radius 2 is 1.76 bits per heavy atom. The summed E-state index contributed by atoms with van der Waals surface area (Å²) < 4.78 is 0.728. The Morgan fingerprint density at radius 1 is 1.06 bits per heavy atom. The number of carbonyl (C=O) groups is 4. The summed E-state index contributed by atoms with van der Waals surface area (Å²) in [6.07, 6.45) is 3.94. The van der Waals surface area contributed by atoms with E-state index in [1.807, 2.05) is 26.8 Å². The van der Waals surface area contributed by atoms with Crippen LogP contribution in [0.25, 0.3) is 0 Å². The van der Waals surface area contributed by atoms with E-state index in [1.165, 1.54) is 11.0 Å². The Labute approximate surface area is 206 Å². The molecule has 3 aliphatic carbocycles. The number of Topliss-reactive ketones (excluding diaryl/α,β-unsaturated/α-hetero) is 1. The van der Waals surface area contributed by atoms with Crippen molar-refractivity contribution in [2.24, 2.45) is 17.8 Å². The molecule has 34 heavy (non-hydrogen) atoms. The van der Waals surface area contributed by atoms with Crippen LogP contribution in [0.4, 0.5) is 0 Å². The van der Waals surface area contributed by atoms with Crippen molar-refractivity contribution >= 4 is 39.3 Å². The highest BCUT2D eigenvalue weighted by Crippen LogP contribution is 2.56. The van der Waals surface area contributed by atoms with Gasteiger partial charge < -0.3 is 5.11 Å². The largest absolute Gasteiger partial charge is 0.508 e. The first-order chi connectivity index (χ1) is 15.9. The molecule has 1 aromatic carbocycles. The molecule has 4 aliphatic rings. The number of hydrogen-bond acceptors (Lipinski definition) is 5. The van der Waals surface area contributed by atoms with Crippen LogP contribution in [0.15, 0.2) is 57.1 Å². The highest BCUT2D eigenvalue weighted by atomic mass is 79.9. The van der Waals surface area contributed by atoms with Gasteiger partial charge in [0.2, 0.25) is 11.8 Å². The van der Waals surface area contributed by atoms with Gasteiger partial charge in [0.25, 0.3) is 0 Å². The molecule has 0 aromatic heterocycles. The predicted octanol–water partition coefficient (Wildman–Crippen LogP) is 4.38. The topological polar surface area (TPSA) is 91.8 Å². The van der Waals surface area contributed by atoms with E-state index in [9.17, 15) is 24.3 Å². The molecule has 1 N–H and O–H groups in total. The van der Waals surface area contributed by atoms with Crippen molar-refractivity contribution in [2.45, 2.75) is 52.0 Å². The third-order valence-corrected chi connectivity index (χ3v) is 8.03. The Bertz CT molecular complexity index is 1280. The van der Waals surface area contributed by atoms with Crippen molar-refractivity contribution in [3.63, 3.8) is 0 Å². The van der Waals surface area contributed by atoms with Crippen LogP contribution >= 0.6 is 15.9 Å². The second-order valence-corrected chi connectivity index (χ2v) is 11.5. The van der Waals surface area contributed by atoms with Crippen LogP contribution < -0.4 is 0 Å². The number of fused-ring (bicyclic) bond motifs is 3. The zero-order valence-corrected chi connectivity index (χ0v) is 21.1. The number of imide groups is 1. The summed E-state index contributed by atoms with van der Waals surface area (Å²) >= 11 is 3.45. The maximum Gasteiger partial charge on any atom is 0.234 e. The fourth-order valence-corrected chi connectivity index (χ4v) is 6.51. The first kappa shape index (κ1) is 23.0. The summed E-state index contributed by atoms with van der Waals surface area (Å²) in [6, 6.07) is 5.02. The lowest BCUT2D eigenvalue weighted by Gasteiger charge is -2.42. The van der Waals surface area contributed by atoms with Crippen molar-refractivity contribution in [1.82, 2.24) is 4.90 Å². The molecule has 2 amide bonds. The lowest BCUT2D eigenvalue weighted by atomic mass is 9.59. The molecular weight excluding hydrogens is 498 g/mol. The van der Waals surface area contributed by atoms with E-state index in [0.717, 1.165) is 10.0 Å². The number of phenolic OH excluding ortho intramolecular Hbond substituents is 1. The number of rotatable bonds is 1. The fraction of sp³-hybridized carbons (Fsp3) is 0.407. The van der Waals surface area contributed by atoms with Gasteiger partial charge in [-0.15, -0.1) is 0 Å². The van der Waals surface area contributed by atoms with Crippen molar-refractivity contribution < 1.29 is 24.3 Å². The van der Waals surface area contributed by atoms with Crippen LogP contribution in [0, 0.1) is 17.8 Å². The molecule has 7 heteroatoms. The average Bonchev–Trinajstić information content (AvgIpc) is 3.03. The Balaban J connectivity index is 1.71. The van der Waals surface area contributed by atoms with Crippen molar-refractivity contribution in [1.29, 1.82) is 0 Å². The normalized spacial score (nSPS) is 29.0. The van der Waals surface area contributed by atoms with Gasteiger partial charge >= 0.3 is 0 Å². The number of phenols is 1. The Hall–Kier alpha value is -2.80. The molecule has 6 nitrogen and oxygen atoms in total. The standard InChI is InChI=1S/C27H26BrNO5/c1-12-9-20(31)18-11-16-14(6-7-15-22(16)26(34)29(25(15)33)27(2,3)4)21(23(18)24(12)32)17-10-13(28)5-8-19(17)30/h5-6,8-10,15-16,21-22,30H,7,11H2,1-4H3/t15-,16+,21+,22-/m0/s1. The number of amides is 2. The molecule has 176 valence electrons. The minimum Gasteiger partial charge on any atom is -0.508 e. The number of carbonyl (C=O) groups excluding carboxylic acids is 4. The molecule has 1 aliphatic heterocycles. The second-order valence-electron chi connectivity index (χ2n) is 10.6. The number of hydrogen-bond donors (Lipinski definition) is 1. The number of ketones is 2. The van der Waals surface area contributed by atoms with Gasteiger partial charge in [-0.05, 0) is 70.7 Å². The molecule has 0 radical (unpaired) electrons. The minimum absolute atomic E-state index is 0.0151. The van der Waals surface area contributed by atoms with E-state index in [1.54, 1.807) is 25.1 Å². The van der Waals surface area contributed by atoms with Gasteiger partial charge in [-0.25, -0.2) is 0 Å². The summed E-state index contributed by atoms with van der Waals surface area (Å²) in [4.78, 5) is 54.7. The maximum absolute atomic E-state index is 13.6. The van der Waals surface area contributed by atoms with E-state index in [4.69, 9.17) is 0 Å². The lowest BCUT2D eigenvalue weighted by molar-refractivity contribution is -0.145. The summed E-state index contributed by atoms with van der Waals surface area (Å²) in [7, 11) is 0. The quantitative estimate of drug-likeness (QED) is 0.335. The second kappa shape index (κ2) is 7.60. The van der Waals surface area contributed by atoms with E-state index >= 15 is 0 Å². The van der Waals surface area contributed by atoms with Crippen LogP contribution in [-0.2, 0) is 19.2 Å². The highest BCUT2D eigenvalue weighted by Gasteiger charge is 2.58. The number of aromatic hydroxyl groups is 1. The number of likely N-dealkylation sites (tertiary alicyclic amines) is 1. The smallest absolute Gasteiger partial charge is 0.234 e. The maximum atomic E-state index is 13.6. The van der Waals surface area contributed by atoms with E-state index in [0.29, 0.717) is 28.7 Å². The van der Waals surface area contributed by atoms with Gasteiger partial charge in [0.15, 0.2) is 11.6 Å². The summed E-state index contributed by atoms with van der Waals surface area (Å²) in [5.41, 5.74) is 1.82. The Kier molecular flexibility index (Phi) is 5.13. The van der Waals surface area contributed by atoms with E-state index < -0.39 is 29.2 Å². The van der Waals surface area contributed by atoms with E-state index in [-0.39, 0.29) is 35.6 Å². The first-order valence-corrected chi connectivity index (χ1v) is 12.3. The van der Waals surface area contributed by atoms with Crippen LogP contribution in [0.3, 0.4) is 0 Å². The molecule has 1 fully saturated rings. The molecular formula is C27H26BrNO5. The first-order valence-electron chi connectivity index (χ1n) is 11.5. The van der Waals surface area contributed by atoms with E-state index in [2.05, 4.69) is 15.9 Å². The number of allylic oxidation sites excluding steroid dienone is 6. The van der Waals surface area contributed by atoms with Crippen molar-refractivity contribution in [2.75, 3.05) is 0 Å². The zero-order chi connectivity index (χ0) is 24.7. The lowest BCUT2D eigenvalue weighted by Crippen LogP contribution is -2.46. The molecule has 1 saturated heterocycles. The predicted molar refractivity (Wildman–Crippen MR) is 129 cm³/mol. The van der Waals surface area contributed by atoms with Gasteiger partial charge in [0, 0.05) is 38.2 Å². The fourth-order valence-electron chi connectivity index (χ4n) is 6.13. The van der Waals surface area contributed by atoms with Crippen LogP contribution in [-0.4, -0.2) is 38.9 Å². The molecule has 5 rings (SSSR count). The van der Waals surface area contributed by atoms with Gasteiger partial charge in [-0.2, -0.15) is 0 Å². The van der Waals surface area contributed by atoms with Gasteiger partial charge in [-0.3, -0.25) is 24.1 Å². The summed E-state index contributed by atoms with van der Waals surface area (Å²) in [5.74, 6) is -2.96. The van der Waals surface area contributed by atoms with Crippen LogP contribution in [0.5, 0.6) is 5.75 Å². The number of benzene rings is 1. The van der Waals surface area contributed by atoms with Gasteiger partial charge in [0.1, 0.15) is 5.75 Å². The van der Waals surface area contributed by atoms with Gasteiger partial charge in [-0.1, -0.05) is 27.6 Å². The average molecular weight is 524 g/mol. The summed E-state index contributed by atoms with van der Waals surface area (Å²) in [5, 5.41) is 10.8. The van der Waals surface area contributed by atoms with Crippen LogP contribution in [0.1, 0.15) is 52.0 Å². The summed E-state index contributed by atoms with van der Waals surface area (Å²) in [6.45, 7) is 7.15. The molecule has 0 unspecified atom stereocenters. The minimum atomic E-state index is -0.654. The highest BCUT2D eigenvalue weighted by molar-refractivity contribution is 9.10. The molecule has 1 aromatic rings. The monoisotopic (exact) mass is 523 g/mol. The van der Waals surface area contributed by atoms with Crippen LogP contribution in [0.2, 0.25) is 0 Å². The Morgan fingerprint density at radius 3 is 2.44 bits per heavy atom. The SMILES string of the molecule is CC1=CC(=O)C2=C(C1=O)[C@@H](c1cc(Br)ccc1O)C1=CC[C@@H]3C(=O)N(C(C)(C)C)C(=O)[C@@H]3[C@@H]1C2. The van der Waals surface area contributed by atoms with Gasteiger partial charge in [0.05, 0.1) is 11.8 Å². The molecule has 1 heterocycles. The molecule has 0 spiro atoms. The molecule has 0 bridgehead atoms. The third-order valence-electron chi connectivity index (χ3n) is 7.54. The number of nitrogens with zero attached hydrogens (tertiary/aromatic N) is 1. The zero-order valence-electron chi connectivity index (χ0n) is 19.5. The third kappa shape index (κ3) is 3.20.